The van der Waals surface area contributed by atoms with Gasteiger partial charge in [0, 0.05) is 6.04 Å². The van der Waals surface area contributed by atoms with Crippen LogP contribution in [-0.2, 0) is 0 Å². The van der Waals surface area contributed by atoms with E-state index in [-0.39, 0.29) is 0 Å². The van der Waals surface area contributed by atoms with Gasteiger partial charge in [-0.1, -0.05) is 65.1 Å². The van der Waals surface area contributed by atoms with Crippen LogP contribution in [0.3, 0.4) is 0 Å². The van der Waals surface area contributed by atoms with Gasteiger partial charge in [-0.3, -0.25) is 0 Å². The van der Waals surface area contributed by atoms with Crippen molar-refractivity contribution in [3.8, 4) is 0 Å². The van der Waals surface area contributed by atoms with Crippen molar-refractivity contribution in [2.75, 3.05) is 0 Å². The third-order valence-electron chi connectivity index (χ3n) is 5.62. The second-order valence-corrected chi connectivity index (χ2v) is 11.2. The summed E-state index contributed by atoms with van der Waals surface area (Å²) in [5, 5.41) is 0.559. The van der Waals surface area contributed by atoms with Gasteiger partial charge in [0.2, 0.25) is 0 Å². The summed E-state index contributed by atoms with van der Waals surface area (Å²) in [6.07, 6.45) is 6.72. The van der Waals surface area contributed by atoms with Crippen molar-refractivity contribution in [3.63, 3.8) is 0 Å². The molecule has 96 valence electrons. The molecule has 1 saturated heterocycles. The lowest BCUT2D eigenvalue weighted by molar-refractivity contribution is 0.338. The Morgan fingerprint density at radius 3 is 2.25 bits per heavy atom. The lowest BCUT2D eigenvalue weighted by Gasteiger charge is -2.56. The quantitative estimate of drug-likeness (QED) is 0.702. The topological polar surface area (TPSA) is 26.0 Å². The fourth-order valence-corrected chi connectivity index (χ4v) is 11.1. The molecule has 0 aromatic rings. The normalized spacial score (nSPS) is 33.9. The van der Waals surface area contributed by atoms with Gasteiger partial charge in [-0.2, -0.15) is 0 Å². The molecule has 0 bridgehead atoms. The SMILES string of the molecule is CCCC1(CC)C(N)CCC[Si]1(CC)CC. The van der Waals surface area contributed by atoms with Crippen LogP contribution in [0.4, 0.5) is 0 Å². The molecule has 2 heteroatoms. The second kappa shape index (κ2) is 5.68. The van der Waals surface area contributed by atoms with E-state index in [1.807, 2.05) is 0 Å². The van der Waals surface area contributed by atoms with Crippen molar-refractivity contribution in [1.82, 2.24) is 0 Å². The molecule has 2 atom stereocenters. The Kier molecular flexibility index (Phi) is 5.05. The summed E-state index contributed by atoms with van der Waals surface area (Å²) in [7, 11) is -1.12. The van der Waals surface area contributed by atoms with Gasteiger partial charge in [0.25, 0.3) is 0 Å². The summed E-state index contributed by atoms with van der Waals surface area (Å²) in [5.41, 5.74) is 6.57. The van der Waals surface area contributed by atoms with Crippen LogP contribution in [0.2, 0.25) is 23.2 Å². The first-order valence-corrected chi connectivity index (χ1v) is 10.00. The smallest absolute Gasteiger partial charge is 0.0611 e. The molecule has 1 fully saturated rings. The van der Waals surface area contributed by atoms with Crippen LogP contribution < -0.4 is 5.73 Å². The molecule has 0 aliphatic carbocycles. The third-order valence-corrected chi connectivity index (χ3v) is 12.7. The zero-order chi connectivity index (χ0) is 12.2. The van der Waals surface area contributed by atoms with Gasteiger partial charge >= 0.3 is 0 Å². The summed E-state index contributed by atoms with van der Waals surface area (Å²) in [4.78, 5) is 0. The maximum Gasteiger partial charge on any atom is 0.0611 e. The Labute approximate surface area is 103 Å². The lowest BCUT2D eigenvalue weighted by Crippen LogP contribution is -2.58. The monoisotopic (exact) mass is 241 g/mol. The Bertz CT molecular complexity index is 213. The van der Waals surface area contributed by atoms with E-state index in [4.69, 9.17) is 5.73 Å². The highest BCUT2D eigenvalue weighted by molar-refractivity contribution is 6.83. The van der Waals surface area contributed by atoms with E-state index in [2.05, 4.69) is 27.7 Å². The average Bonchev–Trinajstić information content (AvgIpc) is 2.32. The molecule has 0 spiro atoms. The molecule has 0 radical (unpaired) electrons. The second-order valence-electron chi connectivity index (χ2n) is 5.75. The van der Waals surface area contributed by atoms with E-state index >= 15 is 0 Å². The van der Waals surface area contributed by atoms with Gasteiger partial charge < -0.3 is 5.73 Å². The highest BCUT2D eigenvalue weighted by atomic mass is 28.3. The van der Waals surface area contributed by atoms with Crippen molar-refractivity contribution in [1.29, 1.82) is 0 Å². The first-order chi connectivity index (χ1) is 7.62. The van der Waals surface area contributed by atoms with Crippen LogP contribution in [0.15, 0.2) is 0 Å². The molecule has 1 nitrogen and oxygen atoms in total. The first kappa shape index (κ1) is 14.2. The predicted molar refractivity (Wildman–Crippen MR) is 76.6 cm³/mol. The molecule has 0 aromatic carbocycles. The van der Waals surface area contributed by atoms with Gasteiger partial charge in [0.1, 0.15) is 0 Å². The fraction of sp³-hybridized carbons (Fsp3) is 1.00. The van der Waals surface area contributed by atoms with Gasteiger partial charge in [-0.25, -0.2) is 0 Å². The molecule has 2 N–H and O–H groups in total. The van der Waals surface area contributed by atoms with Gasteiger partial charge in [0.05, 0.1) is 8.07 Å². The highest BCUT2D eigenvalue weighted by Crippen LogP contribution is 2.57. The minimum atomic E-state index is -1.12. The number of hydrogen-bond acceptors (Lipinski definition) is 1. The van der Waals surface area contributed by atoms with Crippen molar-refractivity contribution < 1.29 is 0 Å². The van der Waals surface area contributed by atoms with Crippen LogP contribution >= 0.6 is 0 Å². The standard InChI is InChI=1S/C14H31NSi/c1-5-11-14(6-2)13(15)10-9-12-16(14,7-3)8-4/h13H,5-12,15H2,1-4H3. The summed E-state index contributed by atoms with van der Waals surface area (Å²) in [6, 6.07) is 4.94. The molecule has 1 aliphatic heterocycles. The highest BCUT2D eigenvalue weighted by Gasteiger charge is 2.53. The summed E-state index contributed by atoms with van der Waals surface area (Å²) in [6.45, 7) is 9.61. The summed E-state index contributed by atoms with van der Waals surface area (Å²) < 4.78 is 0. The minimum absolute atomic E-state index is 0.498. The summed E-state index contributed by atoms with van der Waals surface area (Å²) in [5.74, 6) is 0. The zero-order valence-electron chi connectivity index (χ0n) is 11.8. The maximum atomic E-state index is 6.57. The number of rotatable bonds is 5. The van der Waals surface area contributed by atoms with E-state index in [0.717, 1.165) is 0 Å². The molecular formula is C14H31NSi. The van der Waals surface area contributed by atoms with Gasteiger partial charge in [-0.15, -0.1) is 0 Å². The summed E-state index contributed by atoms with van der Waals surface area (Å²) >= 11 is 0. The Morgan fingerprint density at radius 2 is 1.81 bits per heavy atom. The van der Waals surface area contributed by atoms with Crippen LogP contribution in [0, 0.1) is 0 Å². The third kappa shape index (κ3) is 1.99. The molecule has 0 amide bonds. The van der Waals surface area contributed by atoms with Gasteiger partial charge in [-0.05, 0) is 17.9 Å². The Hall–Kier alpha value is 0.177. The molecule has 1 rings (SSSR count). The van der Waals surface area contributed by atoms with Gasteiger partial charge in [0.15, 0.2) is 0 Å². The van der Waals surface area contributed by atoms with Crippen molar-refractivity contribution in [3.05, 3.63) is 0 Å². The van der Waals surface area contributed by atoms with E-state index in [1.165, 1.54) is 44.2 Å². The van der Waals surface area contributed by atoms with Crippen molar-refractivity contribution in [2.24, 2.45) is 5.73 Å². The lowest BCUT2D eigenvalue weighted by atomic mass is 9.88. The predicted octanol–water partition coefficient (Wildman–Crippen LogP) is 4.55. The van der Waals surface area contributed by atoms with Crippen LogP contribution in [0.1, 0.15) is 59.8 Å². The van der Waals surface area contributed by atoms with E-state index in [1.54, 1.807) is 6.04 Å². The molecule has 0 aromatic heterocycles. The fourth-order valence-electron chi connectivity index (χ4n) is 4.60. The molecule has 1 aliphatic rings. The number of hydrogen-bond donors (Lipinski definition) is 1. The minimum Gasteiger partial charge on any atom is -0.327 e. The first-order valence-electron chi connectivity index (χ1n) is 7.38. The maximum absolute atomic E-state index is 6.57. The van der Waals surface area contributed by atoms with E-state index in [9.17, 15) is 0 Å². The molecular weight excluding hydrogens is 210 g/mol. The average molecular weight is 241 g/mol. The molecule has 0 saturated carbocycles. The Balaban J connectivity index is 3.09. The molecule has 16 heavy (non-hydrogen) atoms. The van der Waals surface area contributed by atoms with Crippen LogP contribution in [0.5, 0.6) is 0 Å². The van der Waals surface area contributed by atoms with Crippen LogP contribution in [0.25, 0.3) is 0 Å². The molecule has 2 unspecified atom stereocenters. The zero-order valence-corrected chi connectivity index (χ0v) is 12.8. The largest absolute Gasteiger partial charge is 0.327 e. The Morgan fingerprint density at radius 1 is 1.19 bits per heavy atom. The van der Waals surface area contributed by atoms with Crippen molar-refractivity contribution in [2.45, 2.75) is 89.0 Å². The van der Waals surface area contributed by atoms with Crippen molar-refractivity contribution >= 4 is 8.07 Å². The van der Waals surface area contributed by atoms with Crippen LogP contribution in [-0.4, -0.2) is 14.1 Å². The van der Waals surface area contributed by atoms with E-state index in [0.29, 0.717) is 11.1 Å². The number of nitrogens with two attached hydrogens (primary N) is 1. The molecule has 1 heterocycles. The van der Waals surface area contributed by atoms with E-state index < -0.39 is 8.07 Å².